The Balaban J connectivity index is 3.05. The van der Waals surface area contributed by atoms with Crippen molar-refractivity contribution >= 4 is 0 Å². The molecule has 15 heavy (non-hydrogen) atoms. The lowest BCUT2D eigenvalue weighted by atomic mass is 10.0. The van der Waals surface area contributed by atoms with E-state index >= 15 is 0 Å². The van der Waals surface area contributed by atoms with E-state index in [2.05, 4.69) is 0 Å². The molecule has 0 unspecified atom stereocenters. The van der Waals surface area contributed by atoms with E-state index in [1.54, 1.807) is 0 Å². The first-order chi connectivity index (χ1) is 6.85. The Hall–Kier alpha value is -1.56. The zero-order valence-electron chi connectivity index (χ0n) is 7.74. The lowest BCUT2D eigenvalue weighted by Crippen LogP contribution is -2.30. The van der Waals surface area contributed by atoms with Gasteiger partial charge in [-0.05, 0) is 0 Å². The zero-order chi connectivity index (χ0) is 11.6. The quantitative estimate of drug-likeness (QED) is 0.609. The van der Waals surface area contributed by atoms with Crippen molar-refractivity contribution in [3.05, 3.63) is 17.7 Å². The van der Waals surface area contributed by atoms with Crippen LogP contribution in [-0.2, 0) is 6.42 Å². The molecule has 0 spiro atoms. The maximum Gasteiger partial charge on any atom is 0.264 e. The molecule has 0 aromatic heterocycles. The Morgan fingerprint density at radius 3 is 2.00 bits per heavy atom. The van der Waals surface area contributed by atoms with Crippen molar-refractivity contribution in [1.29, 1.82) is 0 Å². The van der Waals surface area contributed by atoms with E-state index in [9.17, 15) is 19.0 Å². The molecule has 0 fully saturated rings. The number of halogens is 2. The average molecular weight is 219 g/mol. The van der Waals surface area contributed by atoms with Crippen molar-refractivity contribution in [1.82, 2.24) is 0 Å². The van der Waals surface area contributed by atoms with Gasteiger partial charge in [0.1, 0.15) is 17.2 Å². The van der Waals surface area contributed by atoms with Gasteiger partial charge >= 0.3 is 0 Å². The number of rotatable bonds is 3. The van der Waals surface area contributed by atoms with Gasteiger partial charge in [0.2, 0.25) is 0 Å². The maximum absolute atomic E-state index is 12.9. The van der Waals surface area contributed by atoms with Gasteiger partial charge in [0.15, 0.2) is 0 Å². The molecule has 0 saturated heterocycles. The van der Waals surface area contributed by atoms with Crippen LogP contribution in [0.3, 0.4) is 0 Å². The first-order valence-corrected chi connectivity index (χ1v) is 4.17. The highest BCUT2D eigenvalue weighted by molar-refractivity contribution is 5.49. The van der Waals surface area contributed by atoms with Gasteiger partial charge in [-0.1, -0.05) is 0 Å². The summed E-state index contributed by atoms with van der Waals surface area (Å²) in [5.74, 6) is -4.77. The molecule has 5 N–H and O–H groups in total. The normalized spacial score (nSPS) is 11.7. The molecular formula is C9H11F2NO3. The van der Waals surface area contributed by atoms with Crippen LogP contribution in [0, 0.1) is 0 Å². The molecule has 0 saturated carbocycles. The first-order valence-electron chi connectivity index (χ1n) is 4.17. The molecule has 0 bridgehead atoms. The summed E-state index contributed by atoms with van der Waals surface area (Å²) in [6.07, 6.45) is -0.874. The fourth-order valence-corrected chi connectivity index (χ4v) is 1.14. The maximum atomic E-state index is 12.9. The number of phenols is 3. The van der Waals surface area contributed by atoms with E-state index in [1.807, 2.05) is 0 Å². The summed E-state index contributed by atoms with van der Waals surface area (Å²) in [7, 11) is 0. The van der Waals surface area contributed by atoms with Crippen LogP contribution in [0.5, 0.6) is 17.2 Å². The van der Waals surface area contributed by atoms with Gasteiger partial charge in [0.25, 0.3) is 5.92 Å². The molecule has 0 aliphatic rings. The lowest BCUT2D eigenvalue weighted by Gasteiger charge is -2.15. The highest BCUT2D eigenvalue weighted by Gasteiger charge is 2.30. The van der Waals surface area contributed by atoms with Gasteiger partial charge in [-0.15, -0.1) is 0 Å². The van der Waals surface area contributed by atoms with Crippen molar-refractivity contribution < 1.29 is 24.1 Å². The largest absolute Gasteiger partial charge is 0.508 e. The van der Waals surface area contributed by atoms with Crippen LogP contribution in [0.25, 0.3) is 0 Å². The molecule has 0 aliphatic carbocycles. The van der Waals surface area contributed by atoms with Crippen LogP contribution < -0.4 is 5.73 Å². The Labute approximate surface area is 84.6 Å². The van der Waals surface area contributed by atoms with E-state index in [1.165, 1.54) is 0 Å². The van der Waals surface area contributed by atoms with Crippen molar-refractivity contribution in [3.63, 3.8) is 0 Å². The van der Waals surface area contributed by atoms with Gasteiger partial charge < -0.3 is 21.1 Å². The SMILES string of the molecule is NCC(F)(F)Cc1c(O)cc(O)cc1O. The number of alkyl halides is 2. The van der Waals surface area contributed by atoms with Crippen LogP contribution in [0.2, 0.25) is 0 Å². The predicted molar refractivity (Wildman–Crippen MR) is 49.1 cm³/mol. The molecule has 1 aromatic rings. The van der Waals surface area contributed by atoms with Crippen molar-refractivity contribution in [2.75, 3.05) is 6.54 Å². The fourth-order valence-electron chi connectivity index (χ4n) is 1.14. The summed E-state index contributed by atoms with van der Waals surface area (Å²) in [6, 6.07) is 1.75. The minimum atomic E-state index is -3.20. The molecule has 0 heterocycles. The van der Waals surface area contributed by atoms with E-state index < -0.39 is 36.1 Å². The Morgan fingerprint density at radius 1 is 1.13 bits per heavy atom. The highest BCUT2D eigenvalue weighted by Crippen LogP contribution is 2.35. The summed E-state index contributed by atoms with van der Waals surface area (Å²) in [4.78, 5) is 0. The summed E-state index contributed by atoms with van der Waals surface area (Å²) in [5.41, 5.74) is 4.49. The van der Waals surface area contributed by atoms with Crippen molar-refractivity contribution in [2.45, 2.75) is 12.3 Å². The van der Waals surface area contributed by atoms with E-state index in [-0.39, 0.29) is 5.56 Å². The first kappa shape index (κ1) is 11.5. The Kier molecular flexibility index (Phi) is 2.99. The summed E-state index contributed by atoms with van der Waals surface area (Å²) in [5, 5.41) is 27.4. The van der Waals surface area contributed by atoms with Gasteiger partial charge in [0.05, 0.1) is 6.54 Å². The van der Waals surface area contributed by atoms with Crippen LogP contribution in [0.15, 0.2) is 12.1 Å². The molecule has 0 radical (unpaired) electrons. The molecule has 6 heteroatoms. The van der Waals surface area contributed by atoms with E-state index in [0.29, 0.717) is 0 Å². The summed E-state index contributed by atoms with van der Waals surface area (Å²) in [6.45, 7) is -0.882. The van der Waals surface area contributed by atoms with E-state index in [0.717, 1.165) is 12.1 Å². The molecule has 0 amide bonds. The second-order valence-corrected chi connectivity index (χ2v) is 3.20. The number of hydrogen-bond acceptors (Lipinski definition) is 4. The third-order valence-electron chi connectivity index (χ3n) is 1.92. The smallest absolute Gasteiger partial charge is 0.264 e. The Bertz CT molecular complexity index is 345. The molecule has 0 aliphatic heterocycles. The fraction of sp³-hybridized carbons (Fsp3) is 0.333. The minimum Gasteiger partial charge on any atom is -0.508 e. The minimum absolute atomic E-state index is 0.330. The zero-order valence-corrected chi connectivity index (χ0v) is 7.74. The molecular weight excluding hydrogens is 208 g/mol. The third-order valence-corrected chi connectivity index (χ3v) is 1.92. The third kappa shape index (κ3) is 2.69. The highest BCUT2D eigenvalue weighted by atomic mass is 19.3. The molecule has 1 rings (SSSR count). The number of nitrogens with two attached hydrogens (primary N) is 1. The van der Waals surface area contributed by atoms with Crippen molar-refractivity contribution in [2.24, 2.45) is 5.73 Å². The van der Waals surface area contributed by atoms with Crippen LogP contribution >= 0.6 is 0 Å². The topological polar surface area (TPSA) is 86.7 Å². The van der Waals surface area contributed by atoms with Crippen LogP contribution in [0.4, 0.5) is 8.78 Å². The van der Waals surface area contributed by atoms with Gasteiger partial charge in [-0.25, -0.2) is 8.78 Å². The molecule has 0 atom stereocenters. The van der Waals surface area contributed by atoms with E-state index in [4.69, 9.17) is 10.8 Å². The van der Waals surface area contributed by atoms with Gasteiger partial charge in [0, 0.05) is 24.1 Å². The summed E-state index contributed by atoms with van der Waals surface area (Å²) < 4.78 is 25.8. The standard InChI is InChI=1S/C9H11F2NO3/c10-9(11,4-12)3-6-7(14)1-5(13)2-8(6)15/h1-2,13-15H,3-4,12H2. The van der Waals surface area contributed by atoms with Crippen LogP contribution in [-0.4, -0.2) is 27.8 Å². The second kappa shape index (κ2) is 3.90. The molecule has 84 valence electrons. The Morgan fingerprint density at radius 2 is 1.60 bits per heavy atom. The number of phenolic OH excluding ortho intramolecular Hbond substituents is 3. The summed E-state index contributed by atoms with van der Waals surface area (Å²) >= 11 is 0. The molecule has 4 nitrogen and oxygen atoms in total. The lowest BCUT2D eigenvalue weighted by molar-refractivity contribution is 0.0104. The second-order valence-electron chi connectivity index (χ2n) is 3.20. The predicted octanol–water partition coefficient (Wildman–Crippen LogP) is 0.940. The number of aromatic hydroxyl groups is 3. The monoisotopic (exact) mass is 219 g/mol. The molecule has 1 aromatic carbocycles. The van der Waals surface area contributed by atoms with Crippen LogP contribution in [0.1, 0.15) is 5.56 Å². The number of benzene rings is 1. The number of hydrogen-bond donors (Lipinski definition) is 4. The average Bonchev–Trinajstić information content (AvgIpc) is 2.11. The van der Waals surface area contributed by atoms with Gasteiger partial charge in [-0.2, -0.15) is 0 Å². The van der Waals surface area contributed by atoms with Gasteiger partial charge in [-0.3, -0.25) is 0 Å². The van der Waals surface area contributed by atoms with Crippen molar-refractivity contribution in [3.8, 4) is 17.2 Å².